The minimum absolute atomic E-state index is 0.509. The number of aldehydes is 1. The predicted molar refractivity (Wildman–Crippen MR) is 53.1 cm³/mol. The van der Waals surface area contributed by atoms with E-state index < -0.39 is 0 Å². The molecular weight excluding hydrogens is 148 g/mol. The van der Waals surface area contributed by atoms with Crippen LogP contribution in [0.25, 0.3) is 0 Å². The monoisotopic (exact) mass is 168 g/mol. The molecule has 0 bridgehead atoms. The molecule has 0 radical (unpaired) electrons. The first kappa shape index (κ1) is 11.4. The van der Waals surface area contributed by atoms with Gasteiger partial charge in [-0.15, -0.1) is 0 Å². The van der Waals surface area contributed by atoms with Crippen molar-refractivity contribution in [3.05, 3.63) is 11.6 Å². The van der Waals surface area contributed by atoms with Gasteiger partial charge in [0.15, 0.2) is 0 Å². The summed E-state index contributed by atoms with van der Waals surface area (Å²) >= 11 is 0. The minimum atomic E-state index is 0.509. The molecule has 0 aromatic rings. The number of rotatable bonds is 6. The van der Waals surface area contributed by atoms with Gasteiger partial charge >= 0.3 is 0 Å². The summed E-state index contributed by atoms with van der Waals surface area (Å²) in [6, 6.07) is 0. The lowest BCUT2D eigenvalue weighted by molar-refractivity contribution is -0.108. The molecule has 0 aromatic carbocycles. The fourth-order valence-corrected chi connectivity index (χ4v) is 1.16. The first-order valence-electron chi connectivity index (χ1n) is 4.80. The van der Waals surface area contributed by atoms with E-state index in [-0.39, 0.29) is 0 Å². The number of allylic oxidation sites excluding steroid dienone is 2. The maximum absolute atomic E-state index is 10.2. The van der Waals surface area contributed by atoms with Gasteiger partial charge in [0.05, 0.1) is 0 Å². The van der Waals surface area contributed by atoms with Gasteiger partial charge in [-0.3, -0.25) is 0 Å². The summed E-state index contributed by atoms with van der Waals surface area (Å²) in [6.07, 6.45) is 7.41. The smallest absolute Gasteiger partial charge is 0.120 e. The molecule has 1 atom stereocenters. The van der Waals surface area contributed by atoms with Crippen LogP contribution in [-0.2, 0) is 4.79 Å². The lowest BCUT2D eigenvalue weighted by Crippen LogP contribution is -1.93. The highest BCUT2D eigenvalue weighted by molar-refractivity contribution is 5.49. The Bertz CT molecular complexity index is 147. The zero-order valence-corrected chi connectivity index (χ0v) is 8.47. The molecular formula is C11H20O. The topological polar surface area (TPSA) is 17.1 Å². The molecule has 12 heavy (non-hydrogen) atoms. The molecule has 1 unspecified atom stereocenters. The van der Waals surface area contributed by atoms with E-state index in [1.165, 1.54) is 18.4 Å². The van der Waals surface area contributed by atoms with Gasteiger partial charge in [-0.2, -0.15) is 0 Å². The predicted octanol–water partition coefficient (Wildman–Crippen LogP) is 3.35. The van der Waals surface area contributed by atoms with E-state index >= 15 is 0 Å². The van der Waals surface area contributed by atoms with Gasteiger partial charge in [0.2, 0.25) is 0 Å². The van der Waals surface area contributed by atoms with Gasteiger partial charge in [-0.1, -0.05) is 31.9 Å². The van der Waals surface area contributed by atoms with Crippen LogP contribution in [0, 0.1) is 5.92 Å². The Morgan fingerprint density at radius 2 is 2.08 bits per heavy atom. The second kappa shape index (κ2) is 7.08. The molecule has 1 nitrogen and oxygen atoms in total. The average molecular weight is 168 g/mol. The van der Waals surface area contributed by atoms with Crippen LogP contribution in [0.2, 0.25) is 0 Å². The van der Waals surface area contributed by atoms with Crippen LogP contribution >= 0.6 is 0 Å². The Labute approximate surface area is 75.9 Å². The standard InChI is InChI=1S/C11H20O/c1-4-5-10(2)6-7-11(3)8-9-12/h6,9,11H,4-5,7-8H2,1-3H3. The first-order chi connectivity index (χ1) is 5.70. The zero-order valence-electron chi connectivity index (χ0n) is 8.47. The van der Waals surface area contributed by atoms with E-state index in [1.807, 2.05) is 0 Å². The normalized spacial score (nSPS) is 14.4. The van der Waals surface area contributed by atoms with Gasteiger partial charge in [0, 0.05) is 6.42 Å². The summed E-state index contributed by atoms with van der Waals surface area (Å²) in [5.41, 5.74) is 1.45. The lowest BCUT2D eigenvalue weighted by Gasteiger charge is -2.04. The molecule has 0 N–H and O–H groups in total. The maximum Gasteiger partial charge on any atom is 0.120 e. The van der Waals surface area contributed by atoms with Crippen LogP contribution < -0.4 is 0 Å². The summed E-state index contributed by atoms with van der Waals surface area (Å²) < 4.78 is 0. The molecule has 0 saturated heterocycles. The third kappa shape index (κ3) is 6.14. The number of hydrogen-bond acceptors (Lipinski definition) is 1. The highest BCUT2D eigenvalue weighted by Crippen LogP contribution is 2.11. The van der Waals surface area contributed by atoms with Crippen molar-refractivity contribution >= 4 is 6.29 Å². The Hall–Kier alpha value is -0.590. The Morgan fingerprint density at radius 3 is 2.58 bits per heavy atom. The average Bonchev–Trinajstić information content (AvgIpc) is 2.02. The molecule has 0 aliphatic heterocycles. The third-order valence-electron chi connectivity index (χ3n) is 2.01. The van der Waals surface area contributed by atoms with Crippen LogP contribution in [0.4, 0.5) is 0 Å². The second-order valence-electron chi connectivity index (χ2n) is 3.54. The maximum atomic E-state index is 10.2. The van der Waals surface area contributed by atoms with Crippen LogP contribution in [0.5, 0.6) is 0 Å². The van der Waals surface area contributed by atoms with Crippen LogP contribution in [0.15, 0.2) is 11.6 Å². The number of hydrogen-bond donors (Lipinski definition) is 0. The summed E-state index contributed by atoms with van der Waals surface area (Å²) in [5.74, 6) is 0.509. The van der Waals surface area contributed by atoms with Gasteiger partial charge in [-0.05, 0) is 25.7 Å². The van der Waals surface area contributed by atoms with Gasteiger partial charge < -0.3 is 4.79 Å². The number of carbonyl (C=O) groups is 1. The van der Waals surface area contributed by atoms with Gasteiger partial charge in [0.1, 0.15) is 6.29 Å². The van der Waals surface area contributed by atoms with Crippen molar-refractivity contribution in [2.24, 2.45) is 5.92 Å². The third-order valence-corrected chi connectivity index (χ3v) is 2.01. The minimum Gasteiger partial charge on any atom is -0.303 e. The number of carbonyl (C=O) groups excluding carboxylic acids is 1. The molecule has 0 aliphatic rings. The SMILES string of the molecule is CCCC(C)=CCC(C)CC=O. The fraction of sp³-hybridized carbons (Fsp3) is 0.727. The Balaban J connectivity index is 3.62. The van der Waals surface area contributed by atoms with Crippen molar-refractivity contribution in [1.29, 1.82) is 0 Å². The van der Waals surface area contributed by atoms with Crippen molar-refractivity contribution in [2.45, 2.75) is 46.5 Å². The van der Waals surface area contributed by atoms with Crippen molar-refractivity contribution in [2.75, 3.05) is 0 Å². The van der Waals surface area contributed by atoms with Gasteiger partial charge in [-0.25, -0.2) is 0 Å². The van der Waals surface area contributed by atoms with Crippen molar-refractivity contribution in [1.82, 2.24) is 0 Å². The Morgan fingerprint density at radius 1 is 1.42 bits per heavy atom. The highest BCUT2D eigenvalue weighted by Gasteiger charge is 1.97. The summed E-state index contributed by atoms with van der Waals surface area (Å²) in [5, 5.41) is 0. The largest absolute Gasteiger partial charge is 0.303 e. The van der Waals surface area contributed by atoms with E-state index in [0.29, 0.717) is 12.3 Å². The summed E-state index contributed by atoms with van der Waals surface area (Å²) in [6.45, 7) is 6.47. The van der Waals surface area contributed by atoms with E-state index in [9.17, 15) is 4.79 Å². The van der Waals surface area contributed by atoms with E-state index in [0.717, 1.165) is 12.7 Å². The zero-order chi connectivity index (χ0) is 9.40. The second-order valence-corrected chi connectivity index (χ2v) is 3.54. The first-order valence-corrected chi connectivity index (χ1v) is 4.80. The molecule has 0 heterocycles. The van der Waals surface area contributed by atoms with E-state index in [4.69, 9.17) is 0 Å². The fourth-order valence-electron chi connectivity index (χ4n) is 1.16. The van der Waals surface area contributed by atoms with Gasteiger partial charge in [0.25, 0.3) is 0 Å². The van der Waals surface area contributed by atoms with Crippen molar-refractivity contribution in [3.63, 3.8) is 0 Å². The molecule has 0 spiro atoms. The van der Waals surface area contributed by atoms with Crippen molar-refractivity contribution in [3.8, 4) is 0 Å². The van der Waals surface area contributed by atoms with Crippen molar-refractivity contribution < 1.29 is 4.79 Å². The quantitative estimate of drug-likeness (QED) is 0.439. The molecule has 0 aliphatic carbocycles. The molecule has 70 valence electrons. The summed E-state index contributed by atoms with van der Waals surface area (Å²) in [7, 11) is 0. The lowest BCUT2D eigenvalue weighted by atomic mass is 10.0. The highest BCUT2D eigenvalue weighted by atomic mass is 16.1. The van der Waals surface area contributed by atoms with Crippen LogP contribution in [0.1, 0.15) is 46.5 Å². The molecule has 0 fully saturated rings. The van der Waals surface area contributed by atoms with Crippen LogP contribution in [0.3, 0.4) is 0 Å². The van der Waals surface area contributed by atoms with E-state index in [2.05, 4.69) is 26.8 Å². The molecule has 0 aromatic heterocycles. The molecule has 1 heteroatoms. The Kier molecular flexibility index (Phi) is 6.73. The molecule has 0 rings (SSSR count). The van der Waals surface area contributed by atoms with E-state index in [1.54, 1.807) is 0 Å². The molecule has 0 amide bonds. The van der Waals surface area contributed by atoms with Crippen LogP contribution in [-0.4, -0.2) is 6.29 Å². The molecule has 0 saturated carbocycles. The summed E-state index contributed by atoms with van der Waals surface area (Å²) in [4.78, 5) is 10.2.